The van der Waals surface area contributed by atoms with E-state index in [4.69, 9.17) is 11.6 Å². The van der Waals surface area contributed by atoms with Crippen molar-refractivity contribution in [2.24, 2.45) is 0 Å². The predicted molar refractivity (Wildman–Crippen MR) is 57.1 cm³/mol. The molecule has 0 unspecified atom stereocenters. The molecule has 0 spiro atoms. The van der Waals surface area contributed by atoms with Gasteiger partial charge in [-0.05, 0) is 0 Å². The average molecular weight is 323 g/mol. The van der Waals surface area contributed by atoms with Gasteiger partial charge in [-0.15, -0.1) is 0 Å². The molecule has 1 heterocycles. The molecule has 0 aliphatic heterocycles. The van der Waals surface area contributed by atoms with Gasteiger partial charge in [-0.3, -0.25) is 0 Å². The molecule has 0 atom stereocenters. The van der Waals surface area contributed by atoms with Gasteiger partial charge in [-0.1, -0.05) is 0 Å². The van der Waals surface area contributed by atoms with Crippen LogP contribution in [0.15, 0.2) is 24.5 Å². The van der Waals surface area contributed by atoms with Crippen LogP contribution in [0.5, 0.6) is 0 Å². The van der Waals surface area contributed by atoms with Gasteiger partial charge in [0.1, 0.15) is 0 Å². The number of halogens is 1. The van der Waals surface area contributed by atoms with E-state index >= 15 is 0 Å². The van der Waals surface area contributed by atoms with Crippen LogP contribution in [0, 0.1) is 0 Å². The number of benzene rings is 1. The average Bonchev–Trinajstić information content (AvgIpc) is 2.17. The quantitative estimate of drug-likeness (QED) is 0.712. The molecule has 5 heteroatoms. The Morgan fingerprint density at radius 1 is 1.31 bits per heavy atom. The van der Waals surface area contributed by atoms with Crippen molar-refractivity contribution in [3.63, 3.8) is 0 Å². The summed E-state index contributed by atoms with van der Waals surface area (Å²) in [4.78, 5) is 8.37. The van der Waals surface area contributed by atoms with Crippen molar-refractivity contribution in [1.82, 2.24) is 9.97 Å². The third-order valence-electron chi connectivity index (χ3n) is 1.65. The van der Waals surface area contributed by atoms with E-state index in [-0.39, 0.29) is 0 Å². The van der Waals surface area contributed by atoms with Gasteiger partial charge in [0.05, 0.1) is 0 Å². The molecule has 0 N–H and O–H groups in total. The molecule has 0 bridgehead atoms. The summed E-state index contributed by atoms with van der Waals surface area (Å²) in [7, 11) is 0. The Bertz CT molecular complexity index is 447. The van der Waals surface area contributed by atoms with Crippen molar-refractivity contribution in [3.8, 4) is 0 Å². The number of fused-ring (bicyclic) bond motifs is 1. The molecule has 2 rings (SSSR count). The van der Waals surface area contributed by atoms with Gasteiger partial charge < -0.3 is 0 Å². The Morgan fingerprint density at radius 3 is 2.92 bits per heavy atom. The zero-order valence-electron chi connectivity index (χ0n) is 6.44. The van der Waals surface area contributed by atoms with Crippen LogP contribution in [0.25, 0.3) is 10.9 Å². The summed E-state index contributed by atoms with van der Waals surface area (Å²) in [5, 5.41) is 1.80. The molecule has 0 amide bonds. The molecule has 66 valence electrons. The Morgan fingerprint density at radius 2 is 2.15 bits per heavy atom. The molecule has 13 heavy (non-hydrogen) atoms. The minimum absolute atomic E-state index is 0.318. The first-order valence-corrected chi connectivity index (χ1v) is 9.51. The fraction of sp³-hybridized carbons (Fsp3) is 0. The topological polar surface area (TPSA) is 25.8 Å². The second-order valence-corrected chi connectivity index (χ2v) is 6.05. The molecule has 0 saturated carbocycles. The molecule has 1 aromatic heterocycles. The van der Waals surface area contributed by atoms with E-state index in [1.54, 1.807) is 6.33 Å². The molecule has 1 aromatic carbocycles. The van der Waals surface area contributed by atoms with Gasteiger partial charge in [0, 0.05) is 0 Å². The van der Waals surface area contributed by atoms with Crippen molar-refractivity contribution in [1.29, 1.82) is 0 Å². The van der Waals surface area contributed by atoms with Gasteiger partial charge in [-0.25, -0.2) is 0 Å². The number of rotatable bonds is 1. The van der Waals surface area contributed by atoms with Crippen LogP contribution in [-0.2, 0) is 0 Å². The van der Waals surface area contributed by atoms with Crippen molar-refractivity contribution < 1.29 is 0 Å². The number of hydrogen-bond donors (Lipinski definition) is 0. The maximum atomic E-state index is 5.89. The van der Waals surface area contributed by atoms with Crippen LogP contribution in [0.4, 0.5) is 0 Å². The number of hydrogen-bond acceptors (Lipinski definition) is 2. The molecular formula is C8H5ClN2Se2. The van der Waals surface area contributed by atoms with Crippen molar-refractivity contribution in [2.75, 3.05) is 0 Å². The molecular weight excluding hydrogens is 317 g/mol. The first-order chi connectivity index (χ1) is 6.31. The van der Waals surface area contributed by atoms with Crippen LogP contribution in [0.3, 0.4) is 0 Å². The van der Waals surface area contributed by atoms with E-state index in [0.29, 0.717) is 13.1 Å². The summed E-state index contributed by atoms with van der Waals surface area (Å²) in [6.07, 6.45) is 1.60. The summed E-state index contributed by atoms with van der Waals surface area (Å²) < 4.78 is 1.08. The van der Waals surface area contributed by atoms with Crippen LogP contribution < -0.4 is 4.59 Å². The van der Waals surface area contributed by atoms with Gasteiger partial charge in [-0.2, -0.15) is 0 Å². The van der Waals surface area contributed by atoms with Crippen molar-refractivity contribution in [3.05, 3.63) is 29.5 Å². The first kappa shape index (κ1) is 9.44. The van der Waals surface area contributed by atoms with Crippen molar-refractivity contribution >= 4 is 54.4 Å². The maximum absolute atomic E-state index is 5.89. The fourth-order valence-corrected chi connectivity index (χ4v) is 3.58. The second-order valence-electron chi connectivity index (χ2n) is 2.43. The molecule has 0 radical (unpaired) electrons. The van der Waals surface area contributed by atoms with E-state index in [9.17, 15) is 0 Å². The number of aromatic nitrogens is 2. The molecule has 0 fully saturated rings. The van der Waals surface area contributed by atoms with Crippen LogP contribution in [-0.4, -0.2) is 37.3 Å². The molecule has 0 saturated heterocycles. The zero-order valence-corrected chi connectivity index (χ0v) is 10.8. The van der Waals surface area contributed by atoms with E-state index < -0.39 is 0 Å². The first-order valence-electron chi connectivity index (χ1n) is 3.53. The second kappa shape index (κ2) is 3.95. The van der Waals surface area contributed by atoms with Crippen LogP contribution in [0.1, 0.15) is 0 Å². The third-order valence-corrected chi connectivity index (χ3v) is 4.81. The Balaban J connectivity index is 2.79. The van der Waals surface area contributed by atoms with Gasteiger partial charge in [0.25, 0.3) is 0 Å². The summed E-state index contributed by atoms with van der Waals surface area (Å²) >= 11 is 8.78. The van der Waals surface area contributed by atoms with E-state index in [2.05, 4.69) is 24.2 Å². The Labute approximate surface area is 93.6 Å². The summed E-state index contributed by atoms with van der Waals surface area (Å²) in [6, 6.07) is 5.68. The van der Waals surface area contributed by atoms with E-state index in [0.717, 1.165) is 20.5 Å². The molecule has 0 aliphatic rings. The Hall–Kier alpha value is -0.111. The van der Waals surface area contributed by atoms with E-state index in [1.165, 1.54) is 0 Å². The zero-order chi connectivity index (χ0) is 9.26. The summed E-state index contributed by atoms with van der Waals surface area (Å²) in [5.74, 6) is 0. The van der Waals surface area contributed by atoms with Gasteiger partial charge >= 0.3 is 93.9 Å². The summed E-state index contributed by atoms with van der Waals surface area (Å²) in [6.45, 7) is 0. The monoisotopic (exact) mass is 324 g/mol. The van der Waals surface area contributed by atoms with E-state index in [1.807, 2.05) is 18.2 Å². The standard InChI is InChI=1S/C8H5ClN2Se2/c9-5-1-2-7-6(3-5)8(13-12)11-4-10-7/h1-4,12H. The van der Waals surface area contributed by atoms with Crippen LogP contribution in [0.2, 0.25) is 5.02 Å². The molecule has 2 aromatic rings. The minimum atomic E-state index is 0.318. The molecule has 2 nitrogen and oxygen atoms in total. The normalized spacial score (nSPS) is 10.6. The van der Waals surface area contributed by atoms with Crippen molar-refractivity contribution in [2.45, 2.75) is 0 Å². The van der Waals surface area contributed by atoms with Gasteiger partial charge in [0.2, 0.25) is 0 Å². The van der Waals surface area contributed by atoms with Crippen LogP contribution >= 0.6 is 11.6 Å². The van der Waals surface area contributed by atoms with Gasteiger partial charge in [0.15, 0.2) is 0 Å². The summed E-state index contributed by atoms with van der Waals surface area (Å²) in [5.41, 5.74) is 0.960. The fourth-order valence-electron chi connectivity index (χ4n) is 1.08. The number of nitrogens with zero attached hydrogens (tertiary/aromatic N) is 2. The third kappa shape index (κ3) is 1.88. The SMILES string of the molecule is Clc1ccc2ncnc([Se][SeH])c2c1. The molecule has 0 aliphatic carbocycles. The Kier molecular flexibility index (Phi) is 2.87. The predicted octanol–water partition coefficient (Wildman–Crippen LogP) is 0.428.